The van der Waals surface area contributed by atoms with Gasteiger partial charge < -0.3 is 10.1 Å². The van der Waals surface area contributed by atoms with Gasteiger partial charge in [-0.2, -0.15) is 5.10 Å². The number of nitrogens with one attached hydrogen (secondary N) is 1. The summed E-state index contributed by atoms with van der Waals surface area (Å²) in [5.74, 6) is 1.04. The van der Waals surface area contributed by atoms with Crippen LogP contribution in [0.2, 0.25) is 0 Å². The maximum Gasteiger partial charge on any atom is 0.276 e. The van der Waals surface area contributed by atoms with Crippen LogP contribution in [0.1, 0.15) is 36.4 Å². The lowest BCUT2D eigenvalue weighted by molar-refractivity contribution is -0.122. The van der Waals surface area contributed by atoms with Crippen molar-refractivity contribution in [1.29, 1.82) is 0 Å². The second-order valence-corrected chi connectivity index (χ2v) is 7.84. The molecule has 0 atom stereocenters. The SMILES string of the molecule is COc1ccc(/C=C2/NC(=S)N(CC(C)C)C2=O)cc1Cn1nc(C)cc1C. The maximum atomic E-state index is 12.7. The topological polar surface area (TPSA) is 59.4 Å². The van der Waals surface area contributed by atoms with Crippen LogP contribution in [0.3, 0.4) is 0 Å². The van der Waals surface area contributed by atoms with E-state index in [9.17, 15) is 4.79 Å². The van der Waals surface area contributed by atoms with Gasteiger partial charge in [0, 0.05) is 17.8 Å². The number of thiocarbonyl (C=S) groups is 1. The molecule has 7 heteroatoms. The third kappa shape index (κ3) is 4.25. The molecule has 0 unspecified atom stereocenters. The van der Waals surface area contributed by atoms with Crippen LogP contribution in [-0.2, 0) is 11.3 Å². The highest BCUT2D eigenvalue weighted by molar-refractivity contribution is 7.80. The van der Waals surface area contributed by atoms with Crippen LogP contribution in [0.5, 0.6) is 5.75 Å². The van der Waals surface area contributed by atoms with Gasteiger partial charge in [0.25, 0.3) is 5.91 Å². The lowest BCUT2D eigenvalue weighted by Gasteiger charge is -2.16. The Morgan fingerprint density at radius 1 is 1.29 bits per heavy atom. The molecule has 1 amide bonds. The van der Waals surface area contributed by atoms with Crippen LogP contribution in [-0.4, -0.2) is 39.4 Å². The van der Waals surface area contributed by atoms with Gasteiger partial charge in [0.05, 0.1) is 19.3 Å². The summed E-state index contributed by atoms with van der Waals surface area (Å²) in [5, 5.41) is 8.03. The van der Waals surface area contributed by atoms with Crippen molar-refractivity contribution in [3.8, 4) is 5.75 Å². The van der Waals surface area contributed by atoms with E-state index in [1.807, 2.05) is 48.9 Å². The molecule has 148 valence electrons. The third-order valence-corrected chi connectivity index (χ3v) is 4.87. The summed E-state index contributed by atoms with van der Waals surface area (Å²) in [6, 6.07) is 7.91. The van der Waals surface area contributed by atoms with Gasteiger partial charge in [0.1, 0.15) is 11.4 Å². The van der Waals surface area contributed by atoms with Crippen LogP contribution in [0.15, 0.2) is 30.0 Å². The fraction of sp³-hybridized carbons (Fsp3) is 0.381. The number of aromatic nitrogens is 2. The molecule has 28 heavy (non-hydrogen) atoms. The number of carbonyl (C=O) groups is 1. The second-order valence-electron chi connectivity index (χ2n) is 7.45. The molecule has 1 fully saturated rings. The van der Waals surface area contributed by atoms with Crippen LogP contribution >= 0.6 is 12.2 Å². The third-order valence-electron chi connectivity index (χ3n) is 4.55. The van der Waals surface area contributed by atoms with Crippen molar-refractivity contribution in [2.24, 2.45) is 5.92 Å². The number of carbonyl (C=O) groups excluding carboxylic acids is 1. The van der Waals surface area contributed by atoms with Gasteiger partial charge in [-0.3, -0.25) is 14.4 Å². The molecule has 0 aliphatic carbocycles. The molecular formula is C21H26N4O2S. The molecule has 1 N–H and O–H groups in total. The quantitative estimate of drug-likeness (QED) is 0.598. The molecule has 2 heterocycles. The van der Waals surface area contributed by atoms with E-state index < -0.39 is 0 Å². The highest BCUT2D eigenvalue weighted by Crippen LogP contribution is 2.24. The molecule has 6 nitrogen and oxygen atoms in total. The Hall–Kier alpha value is -2.67. The van der Waals surface area contributed by atoms with E-state index in [-0.39, 0.29) is 5.91 Å². The predicted octanol–water partition coefficient (Wildman–Crippen LogP) is 3.27. The maximum absolute atomic E-state index is 12.7. The van der Waals surface area contributed by atoms with E-state index >= 15 is 0 Å². The monoisotopic (exact) mass is 398 g/mol. The van der Waals surface area contributed by atoms with Gasteiger partial charge in [0.2, 0.25) is 0 Å². The summed E-state index contributed by atoms with van der Waals surface area (Å²) in [6.45, 7) is 9.33. The minimum atomic E-state index is -0.0883. The van der Waals surface area contributed by atoms with Crippen LogP contribution in [0.4, 0.5) is 0 Å². The predicted molar refractivity (Wildman–Crippen MR) is 114 cm³/mol. The zero-order chi connectivity index (χ0) is 20.4. The average Bonchev–Trinajstić information content (AvgIpc) is 3.07. The Morgan fingerprint density at radius 2 is 2.04 bits per heavy atom. The number of aryl methyl sites for hydroxylation is 2. The van der Waals surface area contributed by atoms with Gasteiger partial charge in [0.15, 0.2) is 5.11 Å². The molecule has 3 rings (SSSR count). The summed E-state index contributed by atoms with van der Waals surface area (Å²) in [5.41, 5.74) is 4.46. The van der Waals surface area contributed by atoms with Gasteiger partial charge in [-0.25, -0.2) is 0 Å². The van der Waals surface area contributed by atoms with Gasteiger partial charge in [-0.15, -0.1) is 0 Å². The van der Waals surface area contributed by atoms with Crippen LogP contribution in [0, 0.1) is 19.8 Å². The Bertz CT molecular complexity index is 946. The van der Waals surface area contributed by atoms with E-state index in [4.69, 9.17) is 17.0 Å². The normalized spacial score (nSPS) is 15.6. The Labute approximate surface area is 171 Å². The van der Waals surface area contributed by atoms with Crippen molar-refractivity contribution in [3.05, 3.63) is 52.5 Å². The molecule has 1 saturated heterocycles. The number of amides is 1. The van der Waals surface area contributed by atoms with Crippen molar-refractivity contribution < 1.29 is 9.53 Å². The zero-order valence-corrected chi connectivity index (χ0v) is 17.8. The van der Waals surface area contributed by atoms with Gasteiger partial charge >= 0.3 is 0 Å². The van der Waals surface area contributed by atoms with Crippen LogP contribution < -0.4 is 10.1 Å². The lowest BCUT2D eigenvalue weighted by atomic mass is 10.1. The number of hydrogen-bond donors (Lipinski definition) is 1. The van der Waals surface area contributed by atoms with E-state index in [1.165, 1.54) is 0 Å². The molecule has 0 saturated carbocycles. The van der Waals surface area contributed by atoms with E-state index in [0.29, 0.717) is 29.8 Å². The Balaban J connectivity index is 1.89. The summed E-state index contributed by atoms with van der Waals surface area (Å²) in [6.07, 6.45) is 1.83. The summed E-state index contributed by atoms with van der Waals surface area (Å²) < 4.78 is 7.46. The summed E-state index contributed by atoms with van der Waals surface area (Å²) in [4.78, 5) is 14.3. The number of methoxy groups -OCH3 is 1. The second kappa shape index (κ2) is 8.14. The molecule has 0 bridgehead atoms. The highest BCUT2D eigenvalue weighted by Gasteiger charge is 2.30. The largest absolute Gasteiger partial charge is 0.496 e. The lowest BCUT2D eigenvalue weighted by Crippen LogP contribution is -2.33. The van der Waals surface area contributed by atoms with Crippen LogP contribution in [0.25, 0.3) is 6.08 Å². The van der Waals surface area contributed by atoms with Crippen molar-refractivity contribution >= 4 is 29.3 Å². The van der Waals surface area contributed by atoms with Gasteiger partial charge in [-0.1, -0.05) is 19.9 Å². The fourth-order valence-corrected chi connectivity index (χ4v) is 3.54. The number of nitrogens with zero attached hydrogens (tertiary/aromatic N) is 3. The standard InChI is InChI=1S/C21H26N4O2S/c1-13(2)11-24-20(26)18(22-21(24)28)10-16-6-7-19(27-5)17(9-16)12-25-15(4)8-14(3)23-25/h6-10,13H,11-12H2,1-5H3,(H,22,28)/b18-10+. The number of rotatable bonds is 6. The first kappa shape index (κ1) is 20.1. The van der Waals surface area contributed by atoms with Crippen molar-refractivity contribution in [3.63, 3.8) is 0 Å². The fourth-order valence-electron chi connectivity index (χ4n) is 3.28. The smallest absolute Gasteiger partial charge is 0.276 e. The summed E-state index contributed by atoms with van der Waals surface area (Å²) in [7, 11) is 1.66. The Morgan fingerprint density at radius 3 is 2.64 bits per heavy atom. The van der Waals surface area contributed by atoms with E-state index in [0.717, 1.165) is 28.3 Å². The molecule has 2 aromatic rings. The summed E-state index contributed by atoms with van der Waals surface area (Å²) >= 11 is 5.32. The zero-order valence-electron chi connectivity index (χ0n) is 16.9. The van der Waals surface area contributed by atoms with Crippen molar-refractivity contribution in [2.45, 2.75) is 34.2 Å². The van der Waals surface area contributed by atoms with Crippen molar-refractivity contribution in [1.82, 2.24) is 20.0 Å². The number of ether oxygens (including phenoxy) is 1. The molecule has 1 aliphatic heterocycles. The number of benzene rings is 1. The highest BCUT2D eigenvalue weighted by atomic mass is 32.1. The van der Waals surface area contributed by atoms with Crippen molar-refractivity contribution in [2.75, 3.05) is 13.7 Å². The average molecular weight is 399 g/mol. The first-order valence-corrected chi connectivity index (χ1v) is 9.71. The minimum Gasteiger partial charge on any atom is -0.496 e. The van der Waals surface area contributed by atoms with E-state index in [2.05, 4.69) is 24.3 Å². The first-order chi connectivity index (χ1) is 13.3. The minimum absolute atomic E-state index is 0.0883. The first-order valence-electron chi connectivity index (χ1n) is 9.31. The Kier molecular flexibility index (Phi) is 5.84. The molecular weight excluding hydrogens is 372 g/mol. The molecule has 1 aromatic carbocycles. The van der Waals surface area contributed by atoms with Gasteiger partial charge in [-0.05, 0) is 61.8 Å². The molecule has 1 aromatic heterocycles. The number of hydrogen-bond acceptors (Lipinski definition) is 4. The molecule has 1 aliphatic rings. The molecule has 0 spiro atoms. The molecule has 0 radical (unpaired) electrons. The van der Waals surface area contributed by atoms with E-state index in [1.54, 1.807) is 12.0 Å².